The van der Waals surface area contributed by atoms with E-state index in [-0.39, 0.29) is 10.8 Å². The number of rotatable bonds is 5. The molecule has 0 aromatic heterocycles. The second-order valence-electron chi connectivity index (χ2n) is 4.92. The average molecular weight is 284 g/mol. The first kappa shape index (κ1) is 15.7. The van der Waals surface area contributed by atoms with Crippen LogP contribution in [-0.4, -0.2) is 39.3 Å². The van der Waals surface area contributed by atoms with Crippen LogP contribution in [0.2, 0.25) is 0 Å². The third kappa shape index (κ3) is 4.04. The molecule has 0 aliphatic carbocycles. The van der Waals surface area contributed by atoms with Crippen LogP contribution in [-0.2, 0) is 10.0 Å². The summed E-state index contributed by atoms with van der Waals surface area (Å²) in [4.78, 5) is 12.0. The van der Waals surface area contributed by atoms with Crippen LogP contribution in [0.4, 0.5) is 0 Å². The number of hydrogen-bond donors (Lipinski definition) is 1. The average Bonchev–Trinajstić information content (AvgIpc) is 2.35. The molecule has 0 radical (unpaired) electrons. The quantitative estimate of drug-likeness (QED) is 0.887. The van der Waals surface area contributed by atoms with Gasteiger partial charge in [-0.15, -0.1) is 0 Å². The van der Waals surface area contributed by atoms with Gasteiger partial charge in [0.25, 0.3) is 5.91 Å². The highest BCUT2D eigenvalue weighted by molar-refractivity contribution is 7.89. The van der Waals surface area contributed by atoms with E-state index in [1.54, 1.807) is 0 Å². The first-order valence-electron chi connectivity index (χ1n) is 6.06. The first-order chi connectivity index (χ1) is 8.75. The molecule has 1 aromatic carbocycles. The number of carbonyl (C=O) groups excluding carboxylic acids is 1. The molecule has 0 bridgehead atoms. The van der Waals surface area contributed by atoms with Gasteiger partial charge in [-0.05, 0) is 30.2 Å². The monoisotopic (exact) mass is 284 g/mol. The van der Waals surface area contributed by atoms with Crippen molar-refractivity contribution in [3.63, 3.8) is 0 Å². The molecule has 1 rings (SSSR count). The number of carbonyl (C=O) groups is 1. The molecule has 0 aliphatic rings. The van der Waals surface area contributed by atoms with Gasteiger partial charge in [0.15, 0.2) is 0 Å². The summed E-state index contributed by atoms with van der Waals surface area (Å²) in [6.07, 6.45) is 0. The third-order valence-corrected chi connectivity index (χ3v) is 4.40. The zero-order valence-electron chi connectivity index (χ0n) is 11.7. The van der Waals surface area contributed by atoms with Gasteiger partial charge in [-0.1, -0.05) is 13.8 Å². The first-order valence-corrected chi connectivity index (χ1v) is 7.50. The summed E-state index contributed by atoms with van der Waals surface area (Å²) in [6, 6.07) is 5.93. The van der Waals surface area contributed by atoms with Gasteiger partial charge >= 0.3 is 0 Å². The van der Waals surface area contributed by atoms with E-state index in [0.717, 1.165) is 4.31 Å². The van der Waals surface area contributed by atoms with Crippen LogP contribution >= 0.6 is 0 Å². The summed E-state index contributed by atoms with van der Waals surface area (Å²) in [5.41, 5.74) is 0.457. The molecular weight excluding hydrogens is 264 g/mol. The largest absolute Gasteiger partial charge is 0.352 e. The zero-order chi connectivity index (χ0) is 14.6. The van der Waals surface area contributed by atoms with Crippen LogP contribution < -0.4 is 5.32 Å². The fraction of sp³-hybridized carbons (Fsp3) is 0.462. The molecule has 0 atom stereocenters. The van der Waals surface area contributed by atoms with Gasteiger partial charge in [0.1, 0.15) is 0 Å². The van der Waals surface area contributed by atoms with Crippen molar-refractivity contribution in [1.82, 2.24) is 9.62 Å². The van der Waals surface area contributed by atoms with Gasteiger partial charge in [-0.25, -0.2) is 12.7 Å². The van der Waals surface area contributed by atoms with Crippen molar-refractivity contribution < 1.29 is 13.2 Å². The highest BCUT2D eigenvalue weighted by Gasteiger charge is 2.17. The Balaban J connectivity index is 2.85. The predicted molar refractivity (Wildman–Crippen MR) is 74.5 cm³/mol. The van der Waals surface area contributed by atoms with Gasteiger partial charge in [-0.3, -0.25) is 4.79 Å². The van der Waals surface area contributed by atoms with Crippen LogP contribution in [0.1, 0.15) is 24.2 Å². The lowest BCUT2D eigenvalue weighted by Crippen LogP contribution is -2.27. The SMILES string of the molecule is CC(C)CNC(=O)c1ccc(S(=O)(=O)N(C)C)cc1. The maximum Gasteiger partial charge on any atom is 0.251 e. The summed E-state index contributed by atoms with van der Waals surface area (Å²) in [5, 5.41) is 2.78. The molecular formula is C13H20N2O3S. The summed E-state index contributed by atoms with van der Waals surface area (Å²) in [5.74, 6) is 0.180. The van der Waals surface area contributed by atoms with Crippen molar-refractivity contribution in [3.8, 4) is 0 Å². The fourth-order valence-corrected chi connectivity index (χ4v) is 2.29. The molecule has 19 heavy (non-hydrogen) atoms. The summed E-state index contributed by atoms with van der Waals surface area (Å²) < 4.78 is 24.8. The molecule has 106 valence electrons. The minimum absolute atomic E-state index is 0.179. The van der Waals surface area contributed by atoms with E-state index in [2.05, 4.69) is 5.32 Å². The maximum absolute atomic E-state index is 11.9. The minimum atomic E-state index is -3.44. The lowest BCUT2D eigenvalue weighted by Gasteiger charge is -2.12. The zero-order valence-corrected chi connectivity index (χ0v) is 12.5. The number of hydrogen-bond acceptors (Lipinski definition) is 3. The van der Waals surface area contributed by atoms with Gasteiger partial charge in [0.2, 0.25) is 10.0 Å². The van der Waals surface area contributed by atoms with Crippen molar-refractivity contribution in [2.45, 2.75) is 18.7 Å². The lowest BCUT2D eigenvalue weighted by atomic mass is 10.2. The van der Waals surface area contributed by atoms with E-state index in [4.69, 9.17) is 0 Å². The smallest absolute Gasteiger partial charge is 0.251 e. The molecule has 1 aromatic rings. The van der Waals surface area contributed by atoms with Gasteiger partial charge in [-0.2, -0.15) is 0 Å². The Hall–Kier alpha value is -1.40. The summed E-state index contributed by atoms with van der Waals surface area (Å²) in [6.45, 7) is 4.61. The van der Waals surface area contributed by atoms with Crippen LogP contribution in [0.5, 0.6) is 0 Å². The molecule has 0 saturated heterocycles. The molecule has 0 unspecified atom stereocenters. The van der Waals surface area contributed by atoms with Crippen molar-refractivity contribution in [2.24, 2.45) is 5.92 Å². The number of nitrogens with zero attached hydrogens (tertiary/aromatic N) is 1. The topological polar surface area (TPSA) is 66.5 Å². The Bertz CT molecular complexity index is 534. The van der Waals surface area contributed by atoms with Crippen molar-refractivity contribution >= 4 is 15.9 Å². The Morgan fingerprint density at radius 3 is 2.16 bits per heavy atom. The van der Waals surface area contributed by atoms with Crippen molar-refractivity contribution in [2.75, 3.05) is 20.6 Å². The van der Waals surface area contributed by atoms with Crippen LogP contribution in [0.3, 0.4) is 0 Å². The third-order valence-electron chi connectivity index (χ3n) is 2.57. The summed E-state index contributed by atoms with van der Waals surface area (Å²) >= 11 is 0. The normalized spacial score (nSPS) is 11.9. The number of nitrogens with one attached hydrogen (secondary N) is 1. The molecule has 5 nitrogen and oxygen atoms in total. The molecule has 1 N–H and O–H groups in total. The van der Waals surface area contributed by atoms with E-state index in [0.29, 0.717) is 18.0 Å². The molecule has 0 heterocycles. The molecule has 0 spiro atoms. The molecule has 0 fully saturated rings. The van der Waals surface area contributed by atoms with E-state index in [1.165, 1.54) is 38.4 Å². The Labute approximate surface area is 114 Å². The number of amides is 1. The minimum Gasteiger partial charge on any atom is -0.352 e. The lowest BCUT2D eigenvalue weighted by molar-refractivity contribution is 0.0949. The Kier molecular flexibility index (Phi) is 5.08. The van der Waals surface area contributed by atoms with Crippen LogP contribution in [0.25, 0.3) is 0 Å². The van der Waals surface area contributed by atoms with Gasteiger partial charge < -0.3 is 5.32 Å². The van der Waals surface area contributed by atoms with Crippen LogP contribution in [0, 0.1) is 5.92 Å². The highest BCUT2D eigenvalue weighted by Crippen LogP contribution is 2.13. The van der Waals surface area contributed by atoms with E-state index in [1.807, 2.05) is 13.8 Å². The van der Waals surface area contributed by atoms with E-state index >= 15 is 0 Å². The van der Waals surface area contributed by atoms with Gasteiger partial charge in [0.05, 0.1) is 4.90 Å². The van der Waals surface area contributed by atoms with Crippen LogP contribution in [0.15, 0.2) is 29.2 Å². The molecule has 1 amide bonds. The standard InChI is InChI=1S/C13H20N2O3S/c1-10(2)9-14-13(16)11-5-7-12(8-6-11)19(17,18)15(3)4/h5-8,10H,9H2,1-4H3,(H,14,16). The fourth-order valence-electron chi connectivity index (χ4n) is 1.39. The molecule has 6 heteroatoms. The molecule has 0 aliphatic heterocycles. The number of benzene rings is 1. The Morgan fingerprint density at radius 2 is 1.74 bits per heavy atom. The number of sulfonamides is 1. The second-order valence-corrected chi connectivity index (χ2v) is 7.07. The second kappa shape index (κ2) is 6.16. The Morgan fingerprint density at radius 1 is 1.21 bits per heavy atom. The van der Waals surface area contributed by atoms with E-state index < -0.39 is 10.0 Å². The highest BCUT2D eigenvalue weighted by atomic mass is 32.2. The summed E-state index contributed by atoms with van der Waals surface area (Å²) in [7, 11) is -0.502. The maximum atomic E-state index is 11.9. The van der Waals surface area contributed by atoms with E-state index in [9.17, 15) is 13.2 Å². The molecule has 0 saturated carbocycles. The predicted octanol–water partition coefficient (Wildman–Crippen LogP) is 1.32. The van der Waals surface area contributed by atoms with Crippen molar-refractivity contribution in [1.29, 1.82) is 0 Å². The van der Waals surface area contributed by atoms with Gasteiger partial charge in [0, 0.05) is 26.2 Å². The van der Waals surface area contributed by atoms with Crippen molar-refractivity contribution in [3.05, 3.63) is 29.8 Å².